The van der Waals surface area contributed by atoms with E-state index in [2.05, 4.69) is 39.5 Å². The minimum absolute atomic E-state index is 1.10. The summed E-state index contributed by atoms with van der Waals surface area (Å²) in [5.74, 6) is 0. The normalized spacial score (nSPS) is 13.5. The summed E-state index contributed by atoms with van der Waals surface area (Å²) in [6.07, 6.45) is 5.44. The van der Waals surface area contributed by atoms with Crippen molar-refractivity contribution in [2.24, 2.45) is 0 Å². The fourth-order valence-corrected chi connectivity index (χ4v) is 0.791. The van der Waals surface area contributed by atoms with E-state index in [0.717, 1.165) is 12.0 Å². The smallest absolute Gasteiger partial charge is 0.0311 e. The van der Waals surface area contributed by atoms with Crippen molar-refractivity contribution in [3.63, 3.8) is 0 Å². The molecule has 0 aliphatic heterocycles. The lowest BCUT2D eigenvalue weighted by molar-refractivity contribution is 1.13. The maximum atomic E-state index is 3.88. The van der Waals surface area contributed by atoms with Crippen LogP contribution < -0.4 is 0 Å². The van der Waals surface area contributed by atoms with Crippen LogP contribution in [0.5, 0.6) is 0 Å². The van der Waals surface area contributed by atoms with Crippen LogP contribution in [0, 0.1) is 0 Å². The van der Waals surface area contributed by atoms with Gasteiger partial charge in [-0.1, -0.05) is 36.8 Å². The van der Waals surface area contributed by atoms with Gasteiger partial charge in [0.25, 0.3) is 0 Å². The lowest BCUT2D eigenvalue weighted by Crippen LogP contribution is -1.80. The molecule has 62 valence electrons. The number of hydrogen-bond donors (Lipinski definition) is 0. The Balaban J connectivity index is 4.40. The van der Waals surface area contributed by atoms with E-state index in [9.17, 15) is 0 Å². The van der Waals surface area contributed by atoms with Crippen molar-refractivity contribution in [1.82, 2.24) is 0 Å². The van der Waals surface area contributed by atoms with Gasteiger partial charge in [-0.25, -0.2) is 0 Å². The highest BCUT2D eigenvalue weighted by Crippen LogP contribution is 2.11. The Labute approximate surface area is 70.3 Å². The molecule has 0 fully saturated rings. The number of hydrogen-bond acceptors (Lipinski definition) is 0. The Morgan fingerprint density at radius 2 is 1.91 bits per heavy atom. The molecule has 0 aliphatic rings. The Bertz CT molecular complexity index is 192. The van der Waals surface area contributed by atoms with E-state index in [-0.39, 0.29) is 0 Å². The highest BCUT2D eigenvalue weighted by atomic mass is 14.0. The van der Waals surface area contributed by atoms with Gasteiger partial charge in [-0.3, -0.25) is 0 Å². The van der Waals surface area contributed by atoms with Crippen LogP contribution in [0.2, 0.25) is 0 Å². The summed E-state index contributed by atoms with van der Waals surface area (Å²) >= 11 is 0. The lowest BCUT2D eigenvalue weighted by Gasteiger charge is -2.00. The summed E-state index contributed by atoms with van der Waals surface area (Å²) in [5.41, 5.74) is 3.81. The van der Waals surface area contributed by atoms with Gasteiger partial charge in [0.05, 0.1) is 0 Å². The number of rotatable bonds is 3. The molecule has 0 aromatic heterocycles. The maximum Gasteiger partial charge on any atom is -0.0311 e. The van der Waals surface area contributed by atoms with Crippen molar-refractivity contribution in [2.75, 3.05) is 0 Å². The van der Waals surface area contributed by atoms with Crippen molar-refractivity contribution in [3.8, 4) is 0 Å². The Kier molecular flexibility index (Phi) is 4.60. The second-order valence-corrected chi connectivity index (χ2v) is 2.82. The molecular formula is C11H18. The standard InChI is InChI=1S/C11H18/c1-6-11(7-2)8-10(5)9(3)4/h6,8H,3,7H2,1-2,4-5H3/b10-8-,11-6-. The molecule has 0 N–H and O–H groups in total. The molecule has 0 unspecified atom stereocenters. The van der Waals surface area contributed by atoms with Gasteiger partial charge >= 0.3 is 0 Å². The summed E-state index contributed by atoms with van der Waals surface area (Å²) < 4.78 is 0. The summed E-state index contributed by atoms with van der Waals surface area (Å²) in [6.45, 7) is 12.3. The van der Waals surface area contributed by atoms with Gasteiger partial charge in [-0.2, -0.15) is 0 Å². The molecule has 0 radical (unpaired) electrons. The molecule has 0 saturated heterocycles. The largest absolute Gasteiger partial charge is 0.0958 e. The van der Waals surface area contributed by atoms with E-state index >= 15 is 0 Å². The zero-order chi connectivity index (χ0) is 8.85. The minimum Gasteiger partial charge on any atom is -0.0958 e. The molecule has 0 amide bonds. The second-order valence-electron chi connectivity index (χ2n) is 2.82. The predicted molar refractivity (Wildman–Crippen MR) is 52.6 cm³/mol. The first-order chi connectivity index (χ1) is 5.11. The Morgan fingerprint density at radius 3 is 2.18 bits per heavy atom. The highest BCUT2D eigenvalue weighted by Gasteiger charge is 1.90. The second kappa shape index (κ2) is 4.95. The van der Waals surface area contributed by atoms with Gasteiger partial charge in [0.2, 0.25) is 0 Å². The first kappa shape index (κ1) is 10.2. The zero-order valence-electron chi connectivity index (χ0n) is 8.07. The molecule has 0 aliphatic carbocycles. The van der Waals surface area contributed by atoms with E-state index in [1.165, 1.54) is 11.1 Å². The summed E-state index contributed by atoms with van der Waals surface area (Å²) in [5, 5.41) is 0. The fourth-order valence-electron chi connectivity index (χ4n) is 0.791. The van der Waals surface area contributed by atoms with Gasteiger partial charge in [0.1, 0.15) is 0 Å². The topological polar surface area (TPSA) is 0 Å². The lowest BCUT2D eigenvalue weighted by atomic mass is 10.1. The summed E-state index contributed by atoms with van der Waals surface area (Å²) in [6, 6.07) is 0. The molecule has 0 rings (SSSR count). The van der Waals surface area contributed by atoms with Gasteiger partial charge < -0.3 is 0 Å². The average Bonchev–Trinajstić information content (AvgIpc) is 1.99. The zero-order valence-corrected chi connectivity index (χ0v) is 8.07. The van der Waals surface area contributed by atoms with E-state index in [1.807, 2.05) is 6.92 Å². The molecule has 0 aromatic rings. The molecule has 0 atom stereocenters. The SMILES string of the molecule is C=C(C)/C(C)=C\C(=C/C)CC. The molecule has 0 heteroatoms. The van der Waals surface area contributed by atoms with Gasteiger partial charge in [0, 0.05) is 0 Å². The molecule has 0 spiro atoms. The molecular weight excluding hydrogens is 132 g/mol. The highest BCUT2D eigenvalue weighted by molar-refractivity contribution is 5.32. The average molecular weight is 150 g/mol. The molecule has 0 saturated carbocycles. The first-order valence-electron chi connectivity index (χ1n) is 4.11. The molecule has 11 heavy (non-hydrogen) atoms. The third-order valence-corrected chi connectivity index (χ3v) is 1.85. The van der Waals surface area contributed by atoms with Gasteiger partial charge in [-0.15, -0.1) is 0 Å². The van der Waals surface area contributed by atoms with Crippen LogP contribution in [-0.2, 0) is 0 Å². The fraction of sp³-hybridized carbons (Fsp3) is 0.455. The summed E-state index contributed by atoms with van der Waals surface area (Å²) in [7, 11) is 0. The monoisotopic (exact) mass is 150 g/mol. The van der Waals surface area contributed by atoms with Crippen LogP contribution in [-0.4, -0.2) is 0 Å². The van der Waals surface area contributed by atoms with Crippen molar-refractivity contribution < 1.29 is 0 Å². The number of allylic oxidation sites excluding steroid dienone is 5. The van der Waals surface area contributed by atoms with E-state index < -0.39 is 0 Å². The quantitative estimate of drug-likeness (QED) is 0.536. The molecule has 0 bridgehead atoms. The summed E-state index contributed by atoms with van der Waals surface area (Å²) in [4.78, 5) is 0. The van der Waals surface area contributed by atoms with Crippen LogP contribution in [0.1, 0.15) is 34.1 Å². The maximum absolute atomic E-state index is 3.88. The molecule has 0 heterocycles. The van der Waals surface area contributed by atoms with E-state index in [4.69, 9.17) is 0 Å². The van der Waals surface area contributed by atoms with E-state index in [1.54, 1.807) is 0 Å². The van der Waals surface area contributed by atoms with Crippen LogP contribution in [0.3, 0.4) is 0 Å². The van der Waals surface area contributed by atoms with Crippen LogP contribution in [0.15, 0.2) is 35.5 Å². The molecule has 0 aromatic carbocycles. The third kappa shape index (κ3) is 3.82. The van der Waals surface area contributed by atoms with E-state index in [0.29, 0.717) is 0 Å². The Morgan fingerprint density at radius 1 is 1.36 bits per heavy atom. The van der Waals surface area contributed by atoms with Crippen molar-refractivity contribution in [2.45, 2.75) is 34.1 Å². The van der Waals surface area contributed by atoms with Crippen LogP contribution in [0.4, 0.5) is 0 Å². The van der Waals surface area contributed by atoms with Crippen molar-refractivity contribution >= 4 is 0 Å². The first-order valence-corrected chi connectivity index (χ1v) is 4.11. The predicted octanol–water partition coefficient (Wildman–Crippen LogP) is 3.87. The molecule has 0 nitrogen and oxygen atoms in total. The third-order valence-electron chi connectivity index (χ3n) is 1.85. The van der Waals surface area contributed by atoms with Crippen molar-refractivity contribution in [1.29, 1.82) is 0 Å². The van der Waals surface area contributed by atoms with Gasteiger partial charge in [-0.05, 0) is 32.8 Å². The Hall–Kier alpha value is -0.780. The van der Waals surface area contributed by atoms with Crippen LogP contribution >= 0.6 is 0 Å². The van der Waals surface area contributed by atoms with Crippen molar-refractivity contribution in [3.05, 3.63) is 35.5 Å². The van der Waals surface area contributed by atoms with Gasteiger partial charge in [0.15, 0.2) is 0 Å². The minimum atomic E-state index is 1.10. The van der Waals surface area contributed by atoms with Crippen LogP contribution in [0.25, 0.3) is 0 Å².